The summed E-state index contributed by atoms with van der Waals surface area (Å²) in [6.45, 7) is 2.22. The SMILES string of the molecule is CCCCSCc1ccccc1[CH]=[Ru]([Cl])[Cl]. The maximum atomic E-state index is 5.91. The third-order valence-electron chi connectivity index (χ3n) is 2.14. The molecular formula is C12H16Cl2RuS. The van der Waals surface area contributed by atoms with Gasteiger partial charge in [-0.25, -0.2) is 0 Å². The van der Waals surface area contributed by atoms with Gasteiger partial charge < -0.3 is 0 Å². The fourth-order valence-corrected chi connectivity index (χ4v) is 4.28. The van der Waals surface area contributed by atoms with Crippen molar-refractivity contribution in [1.82, 2.24) is 0 Å². The van der Waals surface area contributed by atoms with Crippen molar-refractivity contribution >= 4 is 35.8 Å². The van der Waals surface area contributed by atoms with Crippen LogP contribution < -0.4 is 0 Å². The molecule has 0 heterocycles. The average molecular weight is 364 g/mol. The molecular weight excluding hydrogens is 348 g/mol. The second kappa shape index (κ2) is 8.69. The van der Waals surface area contributed by atoms with E-state index in [1.807, 2.05) is 22.4 Å². The number of hydrogen-bond donors (Lipinski definition) is 0. The predicted molar refractivity (Wildman–Crippen MR) is 74.4 cm³/mol. The van der Waals surface area contributed by atoms with Crippen molar-refractivity contribution in [3.8, 4) is 0 Å². The number of rotatable bonds is 6. The van der Waals surface area contributed by atoms with Gasteiger partial charge >= 0.3 is 116 Å². The van der Waals surface area contributed by atoms with Gasteiger partial charge in [-0.1, -0.05) is 0 Å². The van der Waals surface area contributed by atoms with Gasteiger partial charge in [0.2, 0.25) is 0 Å². The summed E-state index contributed by atoms with van der Waals surface area (Å²) in [6.07, 6.45) is 2.55. The second-order valence-corrected chi connectivity index (χ2v) is 10.2. The topological polar surface area (TPSA) is 0 Å². The quantitative estimate of drug-likeness (QED) is 0.516. The van der Waals surface area contributed by atoms with E-state index in [0.29, 0.717) is 0 Å². The summed E-state index contributed by atoms with van der Waals surface area (Å²) >= 11 is 0.280. The first kappa shape index (κ1) is 14.7. The zero-order valence-electron chi connectivity index (χ0n) is 9.23. The van der Waals surface area contributed by atoms with Gasteiger partial charge in [-0.3, -0.25) is 0 Å². The molecule has 92 valence electrons. The summed E-state index contributed by atoms with van der Waals surface area (Å²) < 4.78 is 2.03. The van der Waals surface area contributed by atoms with Crippen LogP contribution in [0.1, 0.15) is 30.9 Å². The molecule has 0 amide bonds. The first-order chi connectivity index (χ1) is 7.74. The molecule has 1 aromatic rings. The molecule has 0 atom stereocenters. The van der Waals surface area contributed by atoms with Crippen molar-refractivity contribution in [3.63, 3.8) is 0 Å². The van der Waals surface area contributed by atoms with E-state index < -0.39 is 13.5 Å². The van der Waals surface area contributed by atoms with Crippen molar-refractivity contribution in [2.75, 3.05) is 5.75 Å². The van der Waals surface area contributed by atoms with Gasteiger partial charge in [0, 0.05) is 0 Å². The van der Waals surface area contributed by atoms with E-state index in [0.717, 1.165) is 5.75 Å². The number of thioether (sulfide) groups is 1. The van der Waals surface area contributed by atoms with Gasteiger partial charge in [-0.15, -0.1) is 0 Å². The summed E-state index contributed by atoms with van der Waals surface area (Å²) in [6, 6.07) is 8.38. The van der Waals surface area contributed by atoms with E-state index in [4.69, 9.17) is 19.4 Å². The van der Waals surface area contributed by atoms with Crippen LogP contribution in [0, 0.1) is 0 Å². The number of unbranched alkanes of at least 4 members (excludes halogenated alkanes) is 1. The molecule has 4 heteroatoms. The van der Waals surface area contributed by atoms with Gasteiger partial charge in [0.15, 0.2) is 0 Å². The molecule has 0 spiro atoms. The third-order valence-corrected chi connectivity index (χ3v) is 5.07. The third kappa shape index (κ3) is 5.82. The summed E-state index contributed by atoms with van der Waals surface area (Å²) in [4.78, 5) is 0. The molecule has 0 unspecified atom stereocenters. The monoisotopic (exact) mass is 364 g/mol. The molecule has 0 aliphatic rings. The standard InChI is InChI=1S/C12H16S.2ClH.Ru/c1-3-4-9-13-10-12-8-6-5-7-11(12)2;;;/h2,5-8H,3-4,9-10H2,1H3;2*1H;/q;;;+2/p-2. The summed E-state index contributed by atoms with van der Waals surface area (Å²) in [7, 11) is 11.8. The molecule has 0 N–H and O–H groups in total. The second-order valence-electron chi connectivity index (χ2n) is 3.41. The van der Waals surface area contributed by atoms with Crippen LogP contribution in [-0.4, -0.2) is 10.4 Å². The van der Waals surface area contributed by atoms with Crippen LogP contribution in [0.5, 0.6) is 0 Å². The normalized spacial score (nSPS) is 11.3. The average Bonchev–Trinajstić information content (AvgIpc) is 2.26. The van der Waals surface area contributed by atoms with E-state index in [-0.39, 0.29) is 0 Å². The summed E-state index contributed by atoms with van der Waals surface area (Å²) in [5.41, 5.74) is 2.57. The van der Waals surface area contributed by atoms with E-state index in [2.05, 4.69) is 25.1 Å². The summed E-state index contributed by atoms with van der Waals surface area (Å²) in [5, 5.41) is 0. The first-order valence-corrected chi connectivity index (χ1v) is 11.9. The van der Waals surface area contributed by atoms with Crippen LogP contribution in [0.2, 0.25) is 0 Å². The molecule has 1 rings (SSSR count). The van der Waals surface area contributed by atoms with Gasteiger partial charge in [0.1, 0.15) is 0 Å². The molecule has 0 aliphatic carbocycles. The molecule has 0 saturated carbocycles. The Bertz CT molecular complexity index is 349. The number of benzene rings is 1. The van der Waals surface area contributed by atoms with Crippen molar-refractivity contribution < 1.29 is 13.5 Å². The zero-order valence-corrected chi connectivity index (χ0v) is 13.3. The van der Waals surface area contributed by atoms with Crippen molar-refractivity contribution in [3.05, 3.63) is 35.4 Å². The Morgan fingerprint density at radius 3 is 2.75 bits per heavy atom. The van der Waals surface area contributed by atoms with E-state index in [1.54, 1.807) is 0 Å². The minimum atomic E-state index is -1.70. The van der Waals surface area contributed by atoms with Crippen molar-refractivity contribution in [1.29, 1.82) is 0 Å². The fourth-order valence-electron chi connectivity index (χ4n) is 1.28. The molecule has 16 heavy (non-hydrogen) atoms. The van der Waals surface area contributed by atoms with Gasteiger partial charge in [0.05, 0.1) is 0 Å². The van der Waals surface area contributed by atoms with Crippen LogP contribution in [0.25, 0.3) is 0 Å². The van der Waals surface area contributed by atoms with E-state index >= 15 is 0 Å². The summed E-state index contributed by atoms with van der Waals surface area (Å²) in [5.74, 6) is 2.29. The Labute approximate surface area is 115 Å². The molecule has 0 nitrogen and oxygen atoms in total. The fraction of sp³-hybridized carbons (Fsp3) is 0.417. The Kier molecular flexibility index (Phi) is 7.99. The molecule has 0 fully saturated rings. The Hall–Kier alpha value is 0.643. The molecule has 0 aromatic heterocycles. The van der Waals surface area contributed by atoms with Crippen LogP contribution >= 0.6 is 31.1 Å². The maximum absolute atomic E-state index is 5.91. The molecule has 0 bridgehead atoms. The predicted octanol–water partition coefficient (Wildman–Crippen LogP) is 4.80. The van der Waals surface area contributed by atoms with Crippen LogP contribution in [0.4, 0.5) is 0 Å². The van der Waals surface area contributed by atoms with Crippen molar-refractivity contribution in [2.24, 2.45) is 0 Å². The van der Waals surface area contributed by atoms with Crippen molar-refractivity contribution in [2.45, 2.75) is 25.5 Å². The molecule has 1 aromatic carbocycles. The molecule has 0 radical (unpaired) electrons. The van der Waals surface area contributed by atoms with Crippen LogP contribution in [0.3, 0.4) is 0 Å². The Morgan fingerprint density at radius 1 is 1.31 bits per heavy atom. The van der Waals surface area contributed by atoms with Crippen LogP contribution in [-0.2, 0) is 19.3 Å². The minimum absolute atomic E-state index is 1.06. The van der Waals surface area contributed by atoms with Gasteiger partial charge in [0.25, 0.3) is 0 Å². The van der Waals surface area contributed by atoms with Crippen LogP contribution in [0.15, 0.2) is 24.3 Å². The van der Waals surface area contributed by atoms with E-state index in [9.17, 15) is 0 Å². The first-order valence-electron chi connectivity index (χ1n) is 5.23. The van der Waals surface area contributed by atoms with Gasteiger partial charge in [-0.2, -0.15) is 0 Å². The zero-order chi connectivity index (χ0) is 11.8. The molecule has 0 aliphatic heterocycles. The molecule has 0 saturated heterocycles. The Balaban J connectivity index is 2.61. The van der Waals surface area contributed by atoms with E-state index in [1.165, 1.54) is 29.7 Å². The van der Waals surface area contributed by atoms with Gasteiger partial charge in [-0.05, 0) is 0 Å². The number of hydrogen-bond acceptors (Lipinski definition) is 1. The number of halogens is 2. The Morgan fingerprint density at radius 2 is 2.06 bits per heavy atom.